The molecule has 0 fully saturated rings. The first kappa shape index (κ1) is 10.5. The average molecular weight is 183 g/mol. The van der Waals surface area contributed by atoms with Crippen LogP contribution in [0.5, 0.6) is 0 Å². The summed E-state index contributed by atoms with van der Waals surface area (Å²) in [5, 5.41) is 3.27. The minimum atomic E-state index is 0.145. The normalized spacial score (nSPS) is 19.1. The Morgan fingerprint density at radius 2 is 2.38 bits per heavy atom. The molecular weight excluding hydrogens is 162 g/mol. The van der Waals surface area contributed by atoms with Crippen molar-refractivity contribution in [1.82, 2.24) is 5.32 Å². The van der Waals surface area contributed by atoms with Crippen molar-refractivity contribution in [3.8, 4) is 0 Å². The van der Waals surface area contributed by atoms with Gasteiger partial charge in [0.1, 0.15) is 5.84 Å². The molecule has 3 N–H and O–H groups in total. The van der Waals surface area contributed by atoms with E-state index in [1.165, 1.54) is 19.3 Å². The predicted molar refractivity (Wildman–Crippen MR) is 57.0 cm³/mol. The minimum absolute atomic E-state index is 0.145. The van der Waals surface area contributed by atoms with Crippen LogP contribution in [-0.2, 0) is 0 Å². The summed E-state index contributed by atoms with van der Waals surface area (Å²) >= 11 is 0. The van der Waals surface area contributed by atoms with Crippen molar-refractivity contribution in [2.24, 2.45) is 10.7 Å². The number of amidine groups is 1. The molecule has 0 radical (unpaired) electrons. The van der Waals surface area contributed by atoms with Gasteiger partial charge in [-0.1, -0.05) is 26.2 Å². The van der Waals surface area contributed by atoms with Gasteiger partial charge < -0.3 is 11.1 Å². The van der Waals surface area contributed by atoms with E-state index in [2.05, 4.69) is 17.2 Å². The summed E-state index contributed by atoms with van der Waals surface area (Å²) in [5.74, 6) is 1.03. The fraction of sp³-hybridized carbons (Fsp3) is 0.900. The molecule has 1 aliphatic heterocycles. The maximum atomic E-state index is 6.00. The molecular formula is C10H21N3. The Balaban J connectivity index is 2.21. The molecule has 76 valence electrons. The molecule has 0 aliphatic carbocycles. The van der Waals surface area contributed by atoms with Gasteiger partial charge in [0, 0.05) is 13.1 Å². The second kappa shape index (κ2) is 5.97. The fourth-order valence-electron chi connectivity index (χ4n) is 1.55. The second-order valence-electron chi connectivity index (χ2n) is 3.65. The lowest BCUT2D eigenvalue weighted by atomic mass is 10.1. The summed E-state index contributed by atoms with van der Waals surface area (Å²) in [4.78, 5) is 4.39. The maximum absolute atomic E-state index is 6.00. The molecule has 1 aliphatic rings. The highest BCUT2D eigenvalue weighted by Crippen LogP contribution is 2.04. The van der Waals surface area contributed by atoms with Crippen LogP contribution in [0.1, 0.15) is 39.0 Å². The molecule has 3 nitrogen and oxygen atoms in total. The van der Waals surface area contributed by atoms with Crippen LogP contribution in [0.15, 0.2) is 4.99 Å². The van der Waals surface area contributed by atoms with Crippen molar-refractivity contribution in [3.05, 3.63) is 0 Å². The van der Waals surface area contributed by atoms with Gasteiger partial charge in [-0.05, 0) is 12.8 Å². The number of unbranched alkanes of at least 4 members (excludes halogenated alkanes) is 2. The van der Waals surface area contributed by atoms with Crippen LogP contribution in [0.2, 0.25) is 0 Å². The summed E-state index contributed by atoms with van der Waals surface area (Å²) in [6, 6.07) is 0.145. The summed E-state index contributed by atoms with van der Waals surface area (Å²) < 4.78 is 0. The SMILES string of the molecule is CCCCCC(N)C1=NCCCN1. The van der Waals surface area contributed by atoms with Crippen molar-refractivity contribution in [2.75, 3.05) is 13.1 Å². The lowest BCUT2D eigenvalue weighted by Gasteiger charge is -2.19. The molecule has 1 heterocycles. The molecule has 0 amide bonds. The molecule has 0 aromatic heterocycles. The number of hydrogen-bond donors (Lipinski definition) is 2. The number of aliphatic imine (C=N–C) groups is 1. The van der Waals surface area contributed by atoms with Crippen molar-refractivity contribution < 1.29 is 0 Å². The van der Waals surface area contributed by atoms with Crippen LogP contribution in [0, 0.1) is 0 Å². The first-order valence-electron chi connectivity index (χ1n) is 5.38. The van der Waals surface area contributed by atoms with Gasteiger partial charge >= 0.3 is 0 Å². The highest BCUT2D eigenvalue weighted by Gasteiger charge is 2.12. The van der Waals surface area contributed by atoms with Gasteiger partial charge in [-0.3, -0.25) is 4.99 Å². The third kappa shape index (κ3) is 3.77. The average Bonchev–Trinajstić information content (AvgIpc) is 2.19. The number of nitrogens with two attached hydrogens (primary N) is 1. The molecule has 0 saturated heterocycles. The molecule has 0 aromatic carbocycles. The molecule has 0 saturated carbocycles. The van der Waals surface area contributed by atoms with E-state index in [0.717, 1.165) is 31.8 Å². The molecule has 3 heteroatoms. The van der Waals surface area contributed by atoms with Crippen molar-refractivity contribution in [1.29, 1.82) is 0 Å². The zero-order chi connectivity index (χ0) is 9.52. The summed E-state index contributed by atoms with van der Waals surface area (Å²) in [6.07, 6.45) is 5.97. The van der Waals surface area contributed by atoms with Crippen LogP contribution in [0.4, 0.5) is 0 Å². The van der Waals surface area contributed by atoms with Crippen molar-refractivity contribution >= 4 is 5.84 Å². The Bertz CT molecular complexity index is 166. The first-order chi connectivity index (χ1) is 6.34. The predicted octanol–water partition coefficient (Wildman–Crippen LogP) is 1.29. The van der Waals surface area contributed by atoms with Gasteiger partial charge in [0.05, 0.1) is 6.04 Å². The monoisotopic (exact) mass is 183 g/mol. The van der Waals surface area contributed by atoms with Crippen molar-refractivity contribution in [3.63, 3.8) is 0 Å². The number of nitrogens with one attached hydrogen (secondary N) is 1. The smallest absolute Gasteiger partial charge is 0.113 e. The van der Waals surface area contributed by atoms with E-state index in [1.54, 1.807) is 0 Å². The quantitative estimate of drug-likeness (QED) is 0.631. The van der Waals surface area contributed by atoms with E-state index in [0.29, 0.717) is 0 Å². The van der Waals surface area contributed by atoms with E-state index in [-0.39, 0.29) is 6.04 Å². The molecule has 1 rings (SSSR count). The van der Waals surface area contributed by atoms with Gasteiger partial charge in [-0.2, -0.15) is 0 Å². The van der Waals surface area contributed by atoms with Crippen LogP contribution in [0.25, 0.3) is 0 Å². The second-order valence-corrected chi connectivity index (χ2v) is 3.65. The lowest BCUT2D eigenvalue weighted by molar-refractivity contribution is 0.613. The van der Waals surface area contributed by atoms with Crippen LogP contribution >= 0.6 is 0 Å². The van der Waals surface area contributed by atoms with Crippen LogP contribution in [-0.4, -0.2) is 25.0 Å². The Morgan fingerprint density at radius 1 is 1.54 bits per heavy atom. The van der Waals surface area contributed by atoms with E-state index in [1.807, 2.05) is 0 Å². The highest BCUT2D eigenvalue weighted by atomic mass is 15.0. The largest absolute Gasteiger partial charge is 0.372 e. The molecule has 13 heavy (non-hydrogen) atoms. The number of nitrogens with zero attached hydrogens (tertiary/aromatic N) is 1. The fourth-order valence-corrected chi connectivity index (χ4v) is 1.55. The van der Waals surface area contributed by atoms with E-state index < -0.39 is 0 Å². The standard InChI is InChI=1S/C10H21N3/c1-2-3-4-6-9(11)10-12-7-5-8-13-10/h9H,2-8,11H2,1H3,(H,12,13). The summed E-state index contributed by atoms with van der Waals surface area (Å²) in [7, 11) is 0. The van der Waals surface area contributed by atoms with Crippen LogP contribution in [0.3, 0.4) is 0 Å². The highest BCUT2D eigenvalue weighted by molar-refractivity contribution is 5.87. The van der Waals surface area contributed by atoms with E-state index >= 15 is 0 Å². The summed E-state index contributed by atoms with van der Waals surface area (Å²) in [5.41, 5.74) is 6.00. The minimum Gasteiger partial charge on any atom is -0.372 e. The Morgan fingerprint density at radius 3 is 3.00 bits per heavy atom. The van der Waals surface area contributed by atoms with Gasteiger partial charge in [-0.15, -0.1) is 0 Å². The zero-order valence-corrected chi connectivity index (χ0v) is 8.55. The topological polar surface area (TPSA) is 50.4 Å². The molecule has 0 bridgehead atoms. The summed E-state index contributed by atoms with van der Waals surface area (Å²) in [6.45, 7) is 4.20. The van der Waals surface area contributed by atoms with Gasteiger partial charge in [0.25, 0.3) is 0 Å². The van der Waals surface area contributed by atoms with E-state index in [4.69, 9.17) is 5.73 Å². The molecule has 1 unspecified atom stereocenters. The van der Waals surface area contributed by atoms with Crippen LogP contribution < -0.4 is 11.1 Å². The number of hydrogen-bond acceptors (Lipinski definition) is 3. The van der Waals surface area contributed by atoms with Crippen molar-refractivity contribution in [2.45, 2.75) is 45.1 Å². The Labute approximate surface area is 80.8 Å². The Hall–Kier alpha value is -0.570. The van der Waals surface area contributed by atoms with Gasteiger partial charge in [0.15, 0.2) is 0 Å². The lowest BCUT2D eigenvalue weighted by Crippen LogP contribution is -2.43. The van der Waals surface area contributed by atoms with Gasteiger partial charge in [0.2, 0.25) is 0 Å². The third-order valence-electron chi connectivity index (χ3n) is 2.39. The molecule has 0 aromatic rings. The maximum Gasteiger partial charge on any atom is 0.113 e. The first-order valence-corrected chi connectivity index (χ1v) is 5.38. The third-order valence-corrected chi connectivity index (χ3v) is 2.39. The van der Waals surface area contributed by atoms with E-state index in [9.17, 15) is 0 Å². The zero-order valence-electron chi connectivity index (χ0n) is 8.55. The van der Waals surface area contributed by atoms with Gasteiger partial charge in [-0.25, -0.2) is 0 Å². The molecule has 1 atom stereocenters. The molecule has 0 spiro atoms. The Kier molecular flexibility index (Phi) is 4.83. The number of rotatable bonds is 5.